The molecule has 0 saturated carbocycles. The van der Waals surface area contributed by atoms with Crippen molar-refractivity contribution in [3.63, 3.8) is 0 Å². The first-order valence-corrected chi connectivity index (χ1v) is 7.28. The Morgan fingerprint density at radius 1 is 1.00 bits per heavy atom. The van der Waals surface area contributed by atoms with E-state index in [2.05, 4.69) is 6.58 Å². The lowest BCUT2D eigenvalue weighted by atomic mass is 9.83. The van der Waals surface area contributed by atoms with Crippen LogP contribution in [-0.4, -0.2) is 17.7 Å². The smallest absolute Gasteiger partial charge is 0.198 e. The van der Waals surface area contributed by atoms with Gasteiger partial charge in [-0.2, -0.15) is 0 Å². The Morgan fingerprint density at radius 3 is 2.27 bits per heavy atom. The highest BCUT2D eigenvalue weighted by Crippen LogP contribution is 2.33. The van der Waals surface area contributed by atoms with E-state index in [0.717, 1.165) is 6.42 Å². The van der Waals surface area contributed by atoms with E-state index in [1.807, 2.05) is 6.92 Å². The molecule has 2 aromatic carbocycles. The van der Waals surface area contributed by atoms with E-state index in [9.17, 15) is 9.59 Å². The molecular formula is C19H16O3. The van der Waals surface area contributed by atoms with Crippen LogP contribution in [0.1, 0.15) is 45.2 Å². The van der Waals surface area contributed by atoms with Gasteiger partial charge in [-0.05, 0) is 12.5 Å². The van der Waals surface area contributed by atoms with Crippen molar-refractivity contribution in [2.24, 2.45) is 0 Å². The fourth-order valence-electron chi connectivity index (χ4n) is 2.67. The molecule has 0 spiro atoms. The third-order valence-corrected chi connectivity index (χ3v) is 3.86. The van der Waals surface area contributed by atoms with Crippen LogP contribution in [0.4, 0.5) is 0 Å². The Morgan fingerprint density at radius 2 is 1.64 bits per heavy atom. The van der Waals surface area contributed by atoms with Crippen LogP contribution in [0.5, 0.6) is 5.75 Å². The van der Waals surface area contributed by atoms with Gasteiger partial charge < -0.3 is 4.74 Å². The van der Waals surface area contributed by atoms with Gasteiger partial charge in [0.15, 0.2) is 11.6 Å². The lowest BCUT2D eigenvalue weighted by Crippen LogP contribution is -2.23. The van der Waals surface area contributed by atoms with Gasteiger partial charge in [-0.15, -0.1) is 0 Å². The third kappa shape index (κ3) is 2.15. The Balaban J connectivity index is 2.14. The second kappa shape index (κ2) is 5.60. The molecule has 0 radical (unpaired) electrons. The number of carbonyl (C=O) groups excluding carboxylic acids is 2. The fraction of sp³-hybridized carbons (Fsp3) is 0.158. The quantitative estimate of drug-likeness (QED) is 0.687. The van der Waals surface area contributed by atoms with Crippen LogP contribution in [0, 0.1) is 0 Å². The molecule has 22 heavy (non-hydrogen) atoms. The van der Waals surface area contributed by atoms with Crippen LogP contribution in [0.25, 0.3) is 0 Å². The van der Waals surface area contributed by atoms with E-state index in [1.165, 1.54) is 0 Å². The van der Waals surface area contributed by atoms with E-state index >= 15 is 0 Å². The summed E-state index contributed by atoms with van der Waals surface area (Å²) in [7, 11) is 0. The van der Waals surface area contributed by atoms with Crippen LogP contribution in [0.15, 0.2) is 55.1 Å². The molecule has 3 nitrogen and oxygen atoms in total. The van der Waals surface area contributed by atoms with Crippen molar-refractivity contribution < 1.29 is 14.3 Å². The first kappa shape index (κ1) is 14.3. The molecule has 0 heterocycles. The second-order valence-electron chi connectivity index (χ2n) is 5.18. The van der Waals surface area contributed by atoms with Gasteiger partial charge in [0.2, 0.25) is 0 Å². The van der Waals surface area contributed by atoms with Crippen LogP contribution >= 0.6 is 0 Å². The summed E-state index contributed by atoms with van der Waals surface area (Å²) in [5, 5.41) is 0. The number of hydrogen-bond acceptors (Lipinski definition) is 3. The highest BCUT2D eigenvalue weighted by atomic mass is 16.5. The van der Waals surface area contributed by atoms with Crippen molar-refractivity contribution in [2.75, 3.05) is 0 Å². The molecule has 2 aromatic rings. The van der Waals surface area contributed by atoms with Crippen LogP contribution in [-0.2, 0) is 0 Å². The zero-order valence-corrected chi connectivity index (χ0v) is 12.3. The summed E-state index contributed by atoms with van der Waals surface area (Å²) < 4.78 is 5.85. The number of ether oxygens (including phenoxy) is 1. The monoisotopic (exact) mass is 292 g/mol. The van der Waals surface area contributed by atoms with Crippen molar-refractivity contribution in [1.82, 2.24) is 0 Å². The van der Waals surface area contributed by atoms with Crippen LogP contribution in [0.2, 0.25) is 0 Å². The van der Waals surface area contributed by atoms with E-state index in [-0.39, 0.29) is 17.7 Å². The van der Waals surface area contributed by atoms with Crippen molar-refractivity contribution in [2.45, 2.75) is 19.4 Å². The topological polar surface area (TPSA) is 43.4 Å². The molecule has 0 aromatic heterocycles. The van der Waals surface area contributed by atoms with Gasteiger partial charge in [-0.25, -0.2) is 0 Å². The minimum absolute atomic E-state index is 0.137. The molecule has 1 aliphatic rings. The maximum absolute atomic E-state index is 12.8. The number of carbonyl (C=O) groups is 2. The largest absolute Gasteiger partial charge is 0.486 e. The first-order valence-electron chi connectivity index (χ1n) is 7.28. The summed E-state index contributed by atoms with van der Waals surface area (Å²) in [5.41, 5.74) is 1.64. The van der Waals surface area contributed by atoms with Gasteiger partial charge >= 0.3 is 0 Å². The minimum atomic E-state index is -0.188. The van der Waals surface area contributed by atoms with Crippen LogP contribution < -0.4 is 4.74 Å². The molecule has 0 fully saturated rings. The van der Waals surface area contributed by atoms with Crippen molar-refractivity contribution in [3.05, 3.63) is 77.4 Å². The van der Waals surface area contributed by atoms with Gasteiger partial charge in [-0.1, -0.05) is 56.0 Å². The molecule has 0 amide bonds. The molecule has 0 bridgehead atoms. The number of fused-ring (bicyclic) bond motifs is 2. The van der Waals surface area contributed by atoms with E-state index < -0.39 is 0 Å². The molecule has 0 aliphatic heterocycles. The number of rotatable bonds is 4. The van der Waals surface area contributed by atoms with Gasteiger partial charge in [0.1, 0.15) is 11.9 Å². The Kier molecular flexibility index (Phi) is 3.63. The molecule has 3 heteroatoms. The number of benzene rings is 2. The standard InChI is InChI=1S/C19H16O3/c1-3-12(4-2)22-16-11-7-10-15-17(16)19(21)14-9-6-5-8-13(14)18(15)20/h3,5-12H,1,4H2,2H3. The Labute approximate surface area is 129 Å². The summed E-state index contributed by atoms with van der Waals surface area (Å²) in [5.74, 6) is 0.138. The van der Waals surface area contributed by atoms with E-state index in [0.29, 0.717) is 28.0 Å². The van der Waals surface area contributed by atoms with Crippen molar-refractivity contribution in [1.29, 1.82) is 0 Å². The van der Waals surface area contributed by atoms with Crippen LogP contribution in [0.3, 0.4) is 0 Å². The average molecular weight is 292 g/mol. The van der Waals surface area contributed by atoms with Gasteiger partial charge in [0, 0.05) is 16.7 Å². The number of hydrogen-bond donors (Lipinski definition) is 0. The Bertz CT molecular complexity index is 774. The molecule has 3 rings (SSSR count). The van der Waals surface area contributed by atoms with E-state index in [4.69, 9.17) is 4.74 Å². The zero-order valence-electron chi connectivity index (χ0n) is 12.3. The highest BCUT2D eigenvalue weighted by molar-refractivity contribution is 6.29. The maximum atomic E-state index is 12.8. The number of ketones is 2. The third-order valence-electron chi connectivity index (χ3n) is 3.86. The SMILES string of the molecule is C=CC(CC)Oc1cccc2c1C(=O)c1ccccc1C2=O. The molecule has 0 saturated heterocycles. The molecule has 1 aliphatic carbocycles. The summed E-state index contributed by atoms with van der Waals surface area (Å²) in [6.07, 6.45) is 2.25. The fourth-order valence-corrected chi connectivity index (χ4v) is 2.67. The van der Waals surface area contributed by atoms with Crippen molar-refractivity contribution >= 4 is 11.6 Å². The minimum Gasteiger partial charge on any atom is -0.486 e. The zero-order chi connectivity index (χ0) is 15.7. The molecule has 0 N–H and O–H groups in total. The first-order chi connectivity index (χ1) is 10.7. The lowest BCUT2D eigenvalue weighted by molar-refractivity contribution is 0.0974. The molecule has 1 atom stereocenters. The lowest BCUT2D eigenvalue weighted by Gasteiger charge is -2.22. The predicted molar refractivity (Wildman–Crippen MR) is 84.7 cm³/mol. The highest BCUT2D eigenvalue weighted by Gasteiger charge is 2.32. The summed E-state index contributed by atoms with van der Waals surface area (Å²) in [6, 6.07) is 12.0. The van der Waals surface area contributed by atoms with Crippen molar-refractivity contribution in [3.8, 4) is 5.75 Å². The molecule has 110 valence electrons. The van der Waals surface area contributed by atoms with Gasteiger partial charge in [-0.3, -0.25) is 9.59 Å². The second-order valence-corrected chi connectivity index (χ2v) is 5.18. The summed E-state index contributed by atoms with van der Waals surface area (Å²) in [4.78, 5) is 25.4. The summed E-state index contributed by atoms with van der Waals surface area (Å²) >= 11 is 0. The predicted octanol–water partition coefficient (Wildman–Crippen LogP) is 3.81. The maximum Gasteiger partial charge on any atom is 0.198 e. The van der Waals surface area contributed by atoms with E-state index in [1.54, 1.807) is 48.5 Å². The normalized spacial score (nSPS) is 14.0. The average Bonchev–Trinajstić information content (AvgIpc) is 2.57. The van der Waals surface area contributed by atoms with Gasteiger partial charge in [0.05, 0.1) is 5.56 Å². The van der Waals surface area contributed by atoms with Gasteiger partial charge in [0.25, 0.3) is 0 Å². The Hall–Kier alpha value is -2.68. The summed E-state index contributed by atoms with van der Waals surface area (Å²) in [6.45, 7) is 5.71. The molecular weight excluding hydrogens is 276 g/mol. The molecule has 1 unspecified atom stereocenters.